The molecule has 0 fully saturated rings. The van der Waals surface area contributed by atoms with Crippen LogP contribution in [0.1, 0.15) is 12.5 Å². The predicted octanol–water partition coefficient (Wildman–Crippen LogP) is 4.50. The Morgan fingerprint density at radius 3 is 2.85 bits per heavy atom. The van der Waals surface area contributed by atoms with Crippen LogP contribution >= 0.6 is 11.3 Å². The van der Waals surface area contributed by atoms with Gasteiger partial charge in [-0.15, -0.1) is 11.3 Å². The van der Waals surface area contributed by atoms with Crippen molar-refractivity contribution in [3.8, 4) is 11.5 Å². The number of thiazole rings is 1. The minimum Gasteiger partial charge on any atom is -0.337 e. The zero-order valence-electron chi connectivity index (χ0n) is 14.3. The fraction of sp³-hybridized carbons (Fsp3) is 0.150. The molecule has 0 bridgehead atoms. The number of H-pyrrole nitrogens is 1. The van der Waals surface area contributed by atoms with Crippen LogP contribution in [0.2, 0.25) is 0 Å². The van der Waals surface area contributed by atoms with E-state index in [1.165, 1.54) is 11.3 Å². The number of carbonyl (C=O) groups excluding carboxylic acids is 1. The second-order valence-electron chi connectivity index (χ2n) is 6.27. The van der Waals surface area contributed by atoms with Gasteiger partial charge in [0.15, 0.2) is 5.82 Å². The number of hydrogen-bond donors (Lipinski definition) is 2. The molecule has 1 unspecified atom stereocenters. The Morgan fingerprint density at radius 1 is 1.23 bits per heavy atom. The first-order chi connectivity index (χ1) is 12.7. The molecule has 2 N–H and O–H groups in total. The summed E-state index contributed by atoms with van der Waals surface area (Å²) in [5.74, 6) is 0.634. The van der Waals surface area contributed by atoms with E-state index in [0.29, 0.717) is 6.42 Å². The van der Waals surface area contributed by atoms with Crippen LogP contribution in [0.3, 0.4) is 0 Å². The highest BCUT2D eigenvalue weighted by Crippen LogP contribution is 2.23. The third-order valence-electron chi connectivity index (χ3n) is 4.26. The molecular weight excluding hydrogens is 344 g/mol. The van der Waals surface area contributed by atoms with Gasteiger partial charge in [0.1, 0.15) is 5.69 Å². The second-order valence-corrected chi connectivity index (χ2v) is 6.99. The Bertz CT molecular complexity index is 1020. The summed E-state index contributed by atoms with van der Waals surface area (Å²) in [6, 6.07) is 15.7. The standard InChI is InChI=1S/C20H18N4OS/c1-13(9-14-5-3-2-4-6-14)20(25)22-15-7-8-16-17(10-15)24-19(23-16)18-11-26-12-21-18/h2-8,10-13H,9H2,1H3,(H,22,25)(H,23,24). The minimum atomic E-state index is -0.111. The quantitative estimate of drug-likeness (QED) is 0.549. The summed E-state index contributed by atoms with van der Waals surface area (Å²) in [6.45, 7) is 1.94. The lowest BCUT2D eigenvalue weighted by molar-refractivity contribution is -0.119. The van der Waals surface area contributed by atoms with Crippen molar-refractivity contribution in [2.24, 2.45) is 5.92 Å². The summed E-state index contributed by atoms with van der Waals surface area (Å²) in [5.41, 5.74) is 6.25. The van der Waals surface area contributed by atoms with Gasteiger partial charge in [-0.1, -0.05) is 37.3 Å². The zero-order valence-corrected chi connectivity index (χ0v) is 15.1. The van der Waals surface area contributed by atoms with Crippen LogP contribution in [0.4, 0.5) is 5.69 Å². The van der Waals surface area contributed by atoms with E-state index >= 15 is 0 Å². The third kappa shape index (κ3) is 3.50. The molecule has 4 aromatic rings. The molecule has 5 nitrogen and oxygen atoms in total. The van der Waals surface area contributed by atoms with Crippen LogP contribution in [0.25, 0.3) is 22.6 Å². The van der Waals surface area contributed by atoms with Crippen LogP contribution in [-0.2, 0) is 11.2 Å². The van der Waals surface area contributed by atoms with E-state index in [0.717, 1.165) is 33.8 Å². The number of nitrogens with one attached hydrogen (secondary N) is 2. The smallest absolute Gasteiger partial charge is 0.227 e. The van der Waals surface area contributed by atoms with Crippen molar-refractivity contribution in [2.45, 2.75) is 13.3 Å². The van der Waals surface area contributed by atoms with Crippen LogP contribution in [0, 0.1) is 5.92 Å². The molecule has 0 aliphatic rings. The number of aromatic nitrogens is 3. The van der Waals surface area contributed by atoms with Crippen molar-refractivity contribution in [1.82, 2.24) is 15.0 Å². The largest absolute Gasteiger partial charge is 0.337 e. The maximum atomic E-state index is 12.5. The van der Waals surface area contributed by atoms with E-state index in [-0.39, 0.29) is 11.8 Å². The van der Waals surface area contributed by atoms with Gasteiger partial charge in [-0.2, -0.15) is 0 Å². The number of imidazole rings is 1. The van der Waals surface area contributed by atoms with E-state index in [9.17, 15) is 4.79 Å². The van der Waals surface area contributed by atoms with E-state index < -0.39 is 0 Å². The molecular formula is C20H18N4OS. The molecule has 0 aliphatic carbocycles. The summed E-state index contributed by atoms with van der Waals surface area (Å²) in [7, 11) is 0. The van der Waals surface area contributed by atoms with E-state index in [1.807, 2.05) is 60.8 Å². The highest BCUT2D eigenvalue weighted by Gasteiger charge is 2.14. The van der Waals surface area contributed by atoms with Crippen molar-refractivity contribution in [1.29, 1.82) is 0 Å². The fourth-order valence-corrected chi connectivity index (χ4v) is 3.40. The molecule has 4 rings (SSSR count). The Labute approximate surface area is 155 Å². The summed E-state index contributed by atoms with van der Waals surface area (Å²) in [4.78, 5) is 24.6. The van der Waals surface area contributed by atoms with E-state index in [2.05, 4.69) is 20.3 Å². The van der Waals surface area contributed by atoms with E-state index in [4.69, 9.17) is 0 Å². The van der Waals surface area contributed by atoms with Crippen molar-refractivity contribution < 1.29 is 4.79 Å². The Kier molecular flexibility index (Phi) is 4.50. The summed E-state index contributed by atoms with van der Waals surface area (Å²) >= 11 is 1.53. The molecule has 0 spiro atoms. The lowest BCUT2D eigenvalue weighted by Crippen LogP contribution is -2.22. The van der Waals surface area contributed by atoms with Crippen LogP contribution in [0.5, 0.6) is 0 Å². The topological polar surface area (TPSA) is 70.7 Å². The van der Waals surface area contributed by atoms with Crippen LogP contribution < -0.4 is 5.32 Å². The van der Waals surface area contributed by atoms with Crippen LogP contribution in [-0.4, -0.2) is 20.9 Å². The van der Waals surface area contributed by atoms with Crippen molar-refractivity contribution in [2.75, 3.05) is 5.32 Å². The Hall–Kier alpha value is -2.99. The number of aromatic amines is 1. The van der Waals surface area contributed by atoms with Crippen molar-refractivity contribution >= 4 is 34.0 Å². The Morgan fingerprint density at radius 2 is 2.08 bits per heavy atom. The number of amides is 1. The van der Waals surface area contributed by atoms with Gasteiger partial charge < -0.3 is 10.3 Å². The predicted molar refractivity (Wildman–Crippen MR) is 105 cm³/mol. The molecule has 1 atom stereocenters. The summed E-state index contributed by atoms with van der Waals surface area (Å²) in [6.07, 6.45) is 0.715. The van der Waals surface area contributed by atoms with Gasteiger partial charge in [-0.25, -0.2) is 9.97 Å². The molecule has 130 valence electrons. The lowest BCUT2D eigenvalue weighted by atomic mass is 10.0. The number of carbonyl (C=O) groups is 1. The second kappa shape index (κ2) is 7.09. The van der Waals surface area contributed by atoms with Gasteiger partial charge in [-0.05, 0) is 30.2 Å². The molecule has 0 saturated heterocycles. The van der Waals surface area contributed by atoms with Gasteiger partial charge in [-0.3, -0.25) is 4.79 Å². The number of rotatable bonds is 5. The molecule has 1 amide bonds. The molecule has 0 radical (unpaired) electrons. The number of fused-ring (bicyclic) bond motifs is 1. The fourth-order valence-electron chi connectivity index (χ4n) is 2.86. The SMILES string of the molecule is CC(Cc1ccccc1)C(=O)Nc1ccc2nc(-c3cscn3)[nH]c2c1. The van der Waals surface area contributed by atoms with Gasteiger partial charge in [0.25, 0.3) is 0 Å². The van der Waals surface area contributed by atoms with Crippen molar-refractivity contribution in [3.05, 3.63) is 65.0 Å². The minimum absolute atomic E-state index is 0.00689. The first kappa shape index (κ1) is 16.5. The van der Waals surface area contributed by atoms with Gasteiger partial charge >= 0.3 is 0 Å². The first-order valence-corrected chi connectivity index (χ1v) is 9.36. The summed E-state index contributed by atoms with van der Waals surface area (Å²) in [5, 5.41) is 4.95. The normalized spacial score (nSPS) is 12.2. The average Bonchev–Trinajstić information content (AvgIpc) is 3.31. The van der Waals surface area contributed by atoms with Gasteiger partial charge in [0.05, 0.1) is 16.5 Å². The molecule has 2 aromatic carbocycles. The number of anilines is 1. The highest BCUT2D eigenvalue weighted by molar-refractivity contribution is 7.07. The zero-order chi connectivity index (χ0) is 17.9. The average molecular weight is 362 g/mol. The maximum Gasteiger partial charge on any atom is 0.227 e. The molecule has 0 saturated carbocycles. The summed E-state index contributed by atoms with van der Waals surface area (Å²) < 4.78 is 0. The monoisotopic (exact) mass is 362 g/mol. The molecule has 6 heteroatoms. The first-order valence-electron chi connectivity index (χ1n) is 8.42. The molecule has 2 aromatic heterocycles. The van der Waals surface area contributed by atoms with Gasteiger partial charge in [0, 0.05) is 17.0 Å². The molecule has 0 aliphatic heterocycles. The number of benzene rings is 2. The Balaban J connectivity index is 1.49. The molecule has 26 heavy (non-hydrogen) atoms. The lowest BCUT2D eigenvalue weighted by Gasteiger charge is -2.12. The van der Waals surface area contributed by atoms with Gasteiger partial charge in [0.2, 0.25) is 5.91 Å². The molecule has 2 heterocycles. The third-order valence-corrected chi connectivity index (χ3v) is 4.84. The highest BCUT2D eigenvalue weighted by atomic mass is 32.1. The number of nitrogens with zero attached hydrogens (tertiary/aromatic N) is 2. The maximum absolute atomic E-state index is 12.5. The van der Waals surface area contributed by atoms with Crippen LogP contribution in [0.15, 0.2) is 59.4 Å². The van der Waals surface area contributed by atoms with E-state index in [1.54, 1.807) is 5.51 Å². The number of hydrogen-bond acceptors (Lipinski definition) is 4. The van der Waals surface area contributed by atoms with Crippen molar-refractivity contribution in [3.63, 3.8) is 0 Å².